The predicted octanol–water partition coefficient (Wildman–Crippen LogP) is 2.81. The molecule has 37 heavy (non-hydrogen) atoms. The van der Waals surface area contributed by atoms with Crippen LogP contribution in [0.4, 0.5) is 14.6 Å². The molecule has 0 spiro atoms. The zero-order valence-corrected chi connectivity index (χ0v) is 20.5. The Morgan fingerprint density at radius 3 is 2.86 bits per heavy atom. The van der Waals surface area contributed by atoms with Gasteiger partial charge in [-0.1, -0.05) is 18.2 Å². The molecule has 4 unspecified atom stereocenters. The Balaban J connectivity index is 1.14. The summed E-state index contributed by atoms with van der Waals surface area (Å²) in [4.78, 5) is 24.2. The number of rotatable bonds is 4. The second-order valence-corrected chi connectivity index (χ2v) is 11.2. The van der Waals surface area contributed by atoms with Crippen LogP contribution in [-0.2, 0) is 10.2 Å². The molecule has 1 aromatic carbocycles. The van der Waals surface area contributed by atoms with Crippen molar-refractivity contribution in [1.82, 2.24) is 25.5 Å². The van der Waals surface area contributed by atoms with Crippen molar-refractivity contribution in [1.29, 1.82) is 0 Å². The molecule has 4 aliphatic rings. The number of carbonyl (C=O) groups is 1. The minimum Gasteiger partial charge on any atom is -0.356 e. The van der Waals surface area contributed by atoms with Gasteiger partial charge in [-0.3, -0.25) is 9.89 Å². The van der Waals surface area contributed by atoms with Crippen molar-refractivity contribution >= 4 is 22.9 Å². The number of nitrogens with zero attached hydrogens (tertiary/aromatic N) is 4. The molecule has 4 fully saturated rings. The number of fused-ring (bicyclic) bond motifs is 3. The first-order chi connectivity index (χ1) is 18.0. The van der Waals surface area contributed by atoms with Crippen LogP contribution in [0.25, 0.3) is 11.2 Å². The highest BCUT2D eigenvalue weighted by Crippen LogP contribution is 2.63. The Labute approximate surface area is 213 Å². The summed E-state index contributed by atoms with van der Waals surface area (Å²) in [5.41, 5.74) is 8.73. The number of hydrogen-bond acceptors (Lipinski definition) is 6. The number of anilines is 1. The van der Waals surface area contributed by atoms with Gasteiger partial charge < -0.3 is 16.0 Å². The van der Waals surface area contributed by atoms with Crippen LogP contribution in [0.3, 0.4) is 0 Å². The number of aromatic amines is 1. The van der Waals surface area contributed by atoms with Gasteiger partial charge in [-0.05, 0) is 55.1 Å². The van der Waals surface area contributed by atoms with E-state index >= 15 is 0 Å². The summed E-state index contributed by atoms with van der Waals surface area (Å²) >= 11 is 0. The average molecular weight is 508 g/mol. The summed E-state index contributed by atoms with van der Waals surface area (Å²) in [7, 11) is 0. The van der Waals surface area contributed by atoms with Gasteiger partial charge in [0.2, 0.25) is 11.6 Å². The quantitative estimate of drug-likeness (QED) is 0.501. The molecule has 4 heterocycles. The Morgan fingerprint density at radius 1 is 1.16 bits per heavy atom. The van der Waals surface area contributed by atoms with Gasteiger partial charge >= 0.3 is 0 Å². The van der Waals surface area contributed by atoms with Crippen LogP contribution in [0.1, 0.15) is 42.9 Å². The largest absolute Gasteiger partial charge is 0.356 e. The van der Waals surface area contributed by atoms with Gasteiger partial charge in [0, 0.05) is 37.5 Å². The smallest absolute Gasteiger partial charge is 0.226 e. The molecule has 2 aliphatic heterocycles. The molecule has 2 aliphatic carbocycles. The van der Waals surface area contributed by atoms with Crippen LogP contribution in [0.2, 0.25) is 0 Å². The third kappa shape index (κ3) is 3.34. The van der Waals surface area contributed by atoms with Gasteiger partial charge in [0.15, 0.2) is 0 Å². The fourth-order valence-electron chi connectivity index (χ4n) is 7.88. The Hall–Kier alpha value is -3.14. The minimum absolute atomic E-state index is 0.00125. The number of piperidine rings is 2. The lowest BCUT2D eigenvalue weighted by atomic mass is 9.66. The molecular weight excluding hydrogens is 476 g/mol. The fraction of sp³-hybridized carbons (Fsp3) is 0.556. The third-order valence-corrected chi connectivity index (χ3v) is 9.71. The normalized spacial score (nSPS) is 35.1. The first-order valence-electron chi connectivity index (χ1n) is 13.4. The van der Waals surface area contributed by atoms with Crippen LogP contribution in [0.5, 0.6) is 0 Å². The van der Waals surface area contributed by atoms with E-state index in [1.165, 1.54) is 6.07 Å². The fourth-order valence-corrected chi connectivity index (χ4v) is 7.88. The van der Waals surface area contributed by atoms with Crippen molar-refractivity contribution in [3.8, 4) is 0 Å². The zero-order chi connectivity index (χ0) is 25.3. The minimum atomic E-state index is -1.11. The number of carbonyl (C=O) groups excluding carboxylic acids is 1. The molecule has 10 heteroatoms. The lowest BCUT2D eigenvalue weighted by Crippen LogP contribution is -2.50. The molecule has 2 saturated heterocycles. The average Bonchev–Trinajstić information content (AvgIpc) is 3.38. The molecule has 2 aromatic heterocycles. The highest BCUT2D eigenvalue weighted by atomic mass is 19.1. The number of nitrogens with two attached hydrogens (primary N) is 1. The third-order valence-electron chi connectivity index (χ3n) is 9.71. The Morgan fingerprint density at radius 2 is 2.03 bits per heavy atom. The van der Waals surface area contributed by atoms with Crippen LogP contribution >= 0.6 is 0 Å². The topological polar surface area (TPSA) is 113 Å². The maximum atomic E-state index is 14.7. The predicted molar refractivity (Wildman–Crippen MR) is 134 cm³/mol. The first-order valence-corrected chi connectivity index (χ1v) is 13.4. The summed E-state index contributed by atoms with van der Waals surface area (Å²) in [6.07, 6.45) is 3.34. The molecule has 8 nitrogen and oxygen atoms in total. The first kappa shape index (κ1) is 23.0. The maximum absolute atomic E-state index is 14.7. The summed E-state index contributed by atoms with van der Waals surface area (Å²) in [6, 6.07) is 7.00. The van der Waals surface area contributed by atoms with Gasteiger partial charge in [0.25, 0.3) is 0 Å². The van der Waals surface area contributed by atoms with Crippen LogP contribution < -0.4 is 16.0 Å². The number of alkyl halides is 1. The Bertz CT molecular complexity index is 1360. The number of benzene rings is 1. The highest BCUT2D eigenvalue weighted by molar-refractivity contribution is 5.81. The van der Waals surface area contributed by atoms with Crippen molar-refractivity contribution in [2.24, 2.45) is 29.4 Å². The van der Waals surface area contributed by atoms with E-state index in [2.05, 4.69) is 20.4 Å². The maximum Gasteiger partial charge on any atom is 0.226 e. The van der Waals surface area contributed by atoms with Crippen molar-refractivity contribution in [2.45, 2.75) is 43.2 Å². The highest BCUT2D eigenvalue weighted by Gasteiger charge is 2.66. The molecule has 0 radical (unpaired) electrons. The van der Waals surface area contributed by atoms with E-state index in [9.17, 15) is 13.6 Å². The number of nitrogens with one attached hydrogen (secondary N) is 2. The number of halogens is 2. The second kappa shape index (κ2) is 8.44. The van der Waals surface area contributed by atoms with Gasteiger partial charge in [-0.2, -0.15) is 5.10 Å². The van der Waals surface area contributed by atoms with Gasteiger partial charge in [0.05, 0.1) is 17.8 Å². The second-order valence-electron chi connectivity index (χ2n) is 11.2. The van der Waals surface area contributed by atoms with E-state index in [4.69, 9.17) is 15.7 Å². The number of amides is 1. The molecule has 4 N–H and O–H groups in total. The number of aromatic nitrogens is 4. The molecule has 2 saturated carbocycles. The van der Waals surface area contributed by atoms with E-state index < -0.39 is 12.1 Å². The molecule has 7 rings (SSSR count). The lowest BCUT2D eigenvalue weighted by Gasteiger charge is -2.41. The van der Waals surface area contributed by atoms with Gasteiger partial charge in [0.1, 0.15) is 23.3 Å². The number of hydrogen-bond donors (Lipinski definition) is 3. The van der Waals surface area contributed by atoms with Gasteiger partial charge in [-0.15, -0.1) is 0 Å². The van der Waals surface area contributed by atoms with Crippen molar-refractivity contribution in [3.63, 3.8) is 0 Å². The molecule has 1 amide bonds. The van der Waals surface area contributed by atoms with E-state index in [-0.39, 0.29) is 34.9 Å². The molecule has 0 bridgehead atoms. The molecule has 7 atom stereocenters. The van der Waals surface area contributed by atoms with Gasteiger partial charge in [-0.25, -0.2) is 18.7 Å². The van der Waals surface area contributed by atoms with Crippen LogP contribution in [0, 0.1) is 29.5 Å². The van der Waals surface area contributed by atoms with Crippen molar-refractivity contribution in [2.75, 3.05) is 31.1 Å². The van der Waals surface area contributed by atoms with Crippen LogP contribution in [-0.4, -0.2) is 58.4 Å². The van der Waals surface area contributed by atoms with E-state index in [1.54, 1.807) is 12.3 Å². The van der Waals surface area contributed by atoms with E-state index in [0.29, 0.717) is 43.0 Å². The summed E-state index contributed by atoms with van der Waals surface area (Å²) < 4.78 is 29.4. The lowest BCUT2D eigenvalue weighted by molar-refractivity contribution is -0.134. The molecule has 194 valence electrons. The zero-order valence-electron chi connectivity index (χ0n) is 20.5. The van der Waals surface area contributed by atoms with Crippen molar-refractivity contribution in [3.05, 3.63) is 47.5 Å². The monoisotopic (exact) mass is 507 g/mol. The summed E-state index contributed by atoms with van der Waals surface area (Å²) in [6.45, 7) is 2.53. The van der Waals surface area contributed by atoms with E-state index in [0.717, 1.165) is 43.0 Å². The summed E-state index contributed by atoms with van der Waals surface area (Å²) in [5, 5.41) is 10.4. The molecule has 3 aromatic rings. The Kier molecular flexibility index (Phi) is 5.25. The summed E-state index contributed by atoms with van der Waals surface area (Å²) in [5.74, 6) is 0.330. The molecular formula is C27H31F2N7O. The van der Waals surface area contributed by atoms with E-state index in [1.807, 2.05) is 12.1 Å². The SMILES string of the molecule is NC[C@]1(c2ccccc2F)[C@@H]2CCN(c3cnc4c(C5CCC(F)C6C(=O)NCCC56)[nH]nc4n3)C[C@@H]21. The standard InChI is InChI=1S/C27H31F2N7O/c28-19-4-2-1-3-17(19)27(13-30)16-8-10-36(12-18(16)27)21-11-32-24-23(34-35-25(24)33-21)15-5-6-20(29)22-14(15)7-9-31-26(22)37/h1-4,11,14-16,18,20,22H,5-10,12-13,30H2,(H,31,37)(H,33,34,35)/t14?,15?,16-,18+,20?,22?,27-/m1/s1. The van der Waals surface area contributed by atoms with Crippen molar-refractivity contribution < 1.29 is 13.6 Å². The van der Waals surface area contributed by atoms with Crippen LogP contribution in [0.15, 0.2) is 30.5 Å². The number of H-pyrrole nitrogens is 1.